The fourth-order valence-corrected chi connectivity index (χ4v) is 0.842. The molecule has 0 atom stereocenters. The summed E-state index contributed by atoms with van der Waals surface area (Å²) in [7, 11) is 3.73. The van der Waals surface area contributed by atoms with E-state index < -0.39 is 0 Å². The van der Waals surface area contributed by atoms with Crippen LogP contribution in [0.3, 0.4) is 0 Å². The van der Waals surface area contributed by atoms with Crippen molar-refractivity contribution in [2.75, 3.05) is 20.7 Å². The number of nitrogens with zero attached hydrogens (tertiary/aromatic N) is 1. The van der Waals surface area contributed by atoms with Gasteiger partial charge < -0.3 is 5.11 Å². The van der Waals surface area contributed by atoms with Gasteiger partial charge in [0.2, 0.25) is 0 Å². The predicted octanol–water partition coefficient (Wildman–Crippen LogP) is 1.68. The van der Waals surface area contributed by atoms with Crippen molar-refractivity contribution in [3.8, 4) is 0 Å². The van der Waals surface area contributed by atoms with Gasteiger partial charge in [0.15, 0.2) is 0 Å². The largest absolute Gasteiger partial charge is 0.392 e. The summed E-state index contributed by atoms with van der Waals surface area (Å²) in [5, 5.41) is 10.2. The SMILES string of the molecule is CCON(C)C.OCc1ccccc1. The Hall–Kier alpha value is -0.900. The summed E-state index contributed by atoms with van der Waals surface area (Å²) < 4.78 is 0. The number of hydrogen-bond acceptors (Lipinski definition) is 3. The second-order valence-corrected chi connectivity index (χ2v) is 2.87. The van der Waals surface area contributed by atoms with Crippen LogP contribution in [0.25, 0.3) is 0 Å². The fourth-order valence-electron chi connectivity index (χ4n) is 0.842. The molecule has 1 rings (SSSR count). The molecule has 0 aromatic heterocycles. The van der Waals surface area contributed by atoms with E-state index in [1.807, 2.05) is 51.4 Å². The second kappa shape index (κ2) is 8.69. The van der Waals surface area contributed by atoms with Crippen molar-refractivity contribution in [1.82, 2.24) is 5.06 Å². The van der Waals surface area contributed by atoms with E-state index in [2.05, 4.69) is 0 Å². The standard InChI is InChI=1S/C7H8O.C4H11NO/c8-6-7-4-2-1-3-5-7;1-4-6-5(2)3/h1-5,8H,6H2;4H2,1-3H3. The molecule has 14 heavy (non-hydrogen) atoms. The first-order valence-electron chi connectivity index (χ1n) is 4.65. The van der Waals surface area contributed by atoms with Crippen molar-refractivity contribution in [2.24, 2.45) is 0 Å². The lowest BCUT2D eigenvalue weighted by molar-refractivity contribution is -0.113. The molecule has 80 valence electrons. The number of aliphatic hydroxyl groups excluding tert-OH is 1. The quantitative estimate of drug-likeness (QED) is 0.748. The summed E-state index contributed by atoms with van der Waals surface area (Å²) in [5.74, 6) is 0. The molecular weight excluding hydrogens is 178 g/mol. The number of aliphatic hydroxyl groups is 1. The zero-order chi connectivity index (χ0) is 10.8. The van der Waals surface area contributed by atoms with Crippen molar-refractivity contribution >= 4 is 0 Å². The first kappa shape index (κ1) is 13.1. The topological polar surface area (TPSA) is 32.7 Å². The number of hydroxylamine groups is 2. The van der Waals surface area contributed by atoms with Gasteiger partial charge in [-0.25, -0.2) is 0 Å². The van der Waals surface area contributed by atoms with Gasteiger partial charge in [0.25, 0.3) is 0 Å². The summed E-state index contributed by atoms with van der Waals surface area (Å²) in [4.78, 5) is 4.88. The Morgan fingerprint density at radius 1 is 1.21 bits per heavy atom. The van der Waals surface area contributed by atoms with E-state index in [0.29, 0.717) is 0 Å². The van der Waals surface area contributed by atoms with Crippen molar-refractivity contribution in [2.45, 2.75) is 13.5 Å². The van der Waals surface area contributed by atoms with Gasteiger partial charge in [0, 0.05) is 14.1 Å². The van der Waals surface area contributed by atoms with Crippen LogP contribution in [0.15, 0.2) is 30.3 Å². The number of benzene rings is 1. The van der Waals surface area contributed by atoms with Gasteiger partial charge in [-0.05, 0) is 12.5 Å². The van der Waals surface area contributed by atoms with Gasteiger partial charge in [-0.15, -0.1) is 0 Å². The van der Waals surface area contributed by atoms with Crippen LogP contribution in [0.5, 0.6) is 0 Å². The average Bonchev–Trinajstić information content (AvgIpc) is 2.20. The third-order valence-electron chi connectivity index (χ3n) is 1.41. The predicted molar refractivity (Wildman–Crippen MR) is 57.7 cm³/mol. The van der Waals surface area contributed by atoms with Crippen molar-refractivity contribution in [3.05, 3.63) is 35.9 Å². The second-order valence-electron chi connectivity index (χ2n) is 2.87. The molecule has 0 amide bonds. The van der Waals surface area contributed by atoms with Crippen molar-refractivity contribution < 1.29 is 9.94 Å². The first-order chi connectivity index (χ1) is 6.70. The monoisotopic (exact) mass is 197 g/mol. The minimum absolute atomic E-state index is 0.140. The number of rotatable bonds is 3. The Morgan fingerprint density at radius 3 is 2.00 bits per heavy atom. The molecule has 0 aliphatic carbocycles. The highest BCUT2D eigenvalue weighted by atomic mass is 16.7. The van der Waals surface area contributed by atoms with E-state index in [0.717, 1.165) is 12.2 Å². The zero-order valence-electron chi connectivity index (χ0n) is 9.10. The van der Waals surface area contributed by atoms with Crippen LogP contribution in [0, 0.1) is 0 Å². The normalized spacial score (nSPS) is 9.50. The van der Waals surface area contributed by atoms with Gasteiger partial charge in [0.1, 0.15) is 0 Å². The molecule has 3 heteroatoms. The third-order valence-corrected chi connectivity index (χ3v) is 1.41. The average molecular weight is 197 g/mol. The molecule has 0 unspecified atom stereocenters. The molecule has 3 nitrogen and oxygen atoms in total. The Bertz CT molecular complexity index is 212. The molecule has 0 aliphatic rings. The van der Waals surface area contributed by atoms with Crippen LogP contribution < -0.4 is 0 Å². The van der Waals surface area contributed by atoms with Gasteiger partial charge in [-0.2, -0.15) is 5.06 Å². The molecule has 0 fully saturated rings. The van der Waals surface area contributed by atoms with E-state index in [1.54, 1.807) is 5.06 Å². The Morgan fingerprint density at radius 2 is 1.79 bits per heavy atom. The maximum Gasteiger partial charge on any atom is 0.0681 e. The van der Waals surface area contributed by atoms with Gasteiger partial charge in [0.05, 0.1) is 13.2 Å². The lowest BCUT2D eigenvalue weighted by Crippen LogP contribution is -2.11. The molecule has 0 bridgehead atoms. The highest BCUT2D eigenvalue weighted by Crippen LogP contribution is 1.95. The molecule has 0 aliphatic heterocycles. The van der Waals surface area contributed by atoms with E-state index in [9.17, 15) is 0 Å². The highest BCUT2D eigenvalue weighted by molar-refractivity contribution is 5.12. The van der Waals surface area contributed by atoms with Gasteiger partial charge in [-0.3, -0.25) is 4.84 Å². The van der Waals surface area contributed by atoms with Crippen LogP contribution in [-0.2, 0) is 11.4 Å². The minimum Gasteiger partial charge on any atom is -0.392 e. The van der Waals surface area contributed by atoms with Crippen LogP contribution in [-0.4, -0.2) is 30.9 Å². The summed E-state index contributed by atoms with van der Waals surface area (Å²) >= 11 is 0. The third kappa shape index (κ3) is 7.73. The fraction of sp³-hybridized carbons (Fsp3) is 0.455. The van der Waals surface area contributed by atoms with Crippen molar-refractivity contribution in [3.63, 3.8) is 0 Å². The van der Waals surface area contributed by atoms with E-state index in [4.69, 9.17) is 9.94 Å². The minimum atomic E-state index is 0.140. The smallest absolute Gasteiger partial charge is 0.0681 e. The molecule has 1 aromatic carbocycles. The maximum absolute atomic E-state index is 8.54. The van der Waals surface area contributed by atoms with E-state index >= 15 is 0 Å². The van der Waals surface area contributed by atoms with Crippen molar-refractivity contribution in [1.29, 1.82) is 0 Å². The summed E-state index contributed by atoms with van der Waals surface area (Å²) in [6.45, 7) is 2.85. The van der Waals surface area contributed by atoms with Crippen LogP contribution in [0.4, 0.5) is 0 Å². The van der Waals surface area contributed by atoms with Crippen LogP contribution >= 0.6 is 0 Å². The summed E-state index contributed by atoms with van der Waals surface area (Å²) in [6.07, 6.45) is 0. The highest BCUT2D eigenvalue weighted by Gasteiger charge is 1.81. The van der Waals surface area contributed by atoms with E-state index in [-0.39, 0.29) is 6.61 Å². The van der Waals surface area contributed by atoms with Gasteiger partial charge >= 0.3 is 0 Å². The Labute approximate surface area is 85.9 Å². The molecule has 0 saturated heterocycles. The molecular formula is C11H19NO2. The Kier molecular flexibility index (Phi) is 8.13. The molecule has 0 heterocycles. The lowest BCUT2D eigenvalue weighted by Gasteiger charge is -2.05. The van der Waals surface area contributed by atoms with Gasteiger partial charge in [-0.1, -0.05) is 30.3 Å². The molecule has 1 aromatic rings. The zero-order valence-corrected chi connectivity index (χ0v) is 9.10. The Balaban J connectivity index is 0.000000255. The maximum atomic E-state index is 8.54. The van der Waals surface area contributed by atoms with Crippen LogP contribution in [0.1, 0.15) is 12.5 Å². The molecule has 0 spiro atoms. The lowest BCUT2D eigenvalue weighted by atomic mass is 10.2. The molecule has 0 saturated carbocycles. The van der Waals surface area contributed by atoms with E-state index in [1.165, 1.54) is 0 Å². The summed E-state index contributed by atoms with van der Waals surface area (Å²) in [6, 6.07) is 9.52. The number of hydrogen-bond donors (Lipinski definition) is 1. The molecule has 1 N–H and O–H groups in total. The van der Waals surface area contributed by atoms with Crippen LogP contribution in [0.2, 0.25) is 0 Å². The molecule has 0 radical (unpaired) electrons. The summed E-state index contributed by atoms with van der Waals surface area (Å²) in [5.41, 5.74) is 0.965. The first-order valence-corrected chi connectivity index (χ1v) is 4.65.